The van der Waals surface area contributed by atoms with E-state index >= 15 is 0 Å². The van der Waals surface area contributed by atoms with Crippen molar-refractivity contribution in [2.45, 2.75) is 32.6 Å². The molecule has 2 aliphatic rings. The number of fused-ring (bicyclic) bond motifs is 6. The van der Waals surface area contributed by atoms with Gasteiger partial charge >= 0.3 is 0 Å². The number of hydrogen-bond acceptors (Lipinski definition) is 0. The van der Waals surface area contributed by atoms with Crippen LogP contribution in [0, 0.1) is 19.8 Å². The zero-order valence-electron chi connectivity index (χ0n) is 18.4. The van der Waals surface area contributed by atoms with E-state index in [2.05, 4.69) is 125 Å². The number of benzene rings is 4. The maximum Gasteiger partial charge on any atom is 0.0178 e. The van der Waals surface area contributed by atoms with Crippen LogP contribution in [0.1, 0.15) is 52.1 Å². The zero-order valence-corrected chi connectivity index (χ0v) is 21.6. The topological polar surface area (TPSA) is 0 Å². The summed E-state index contributed by atoms with van der Waals surface area (Å²) in [5, 5.41) is 0. The third kappa shape index (κ3) is 2.99. The van der Waals surface area contributed by atoms with E-state index in [1.807, 2.05) is 0 Å². The Morgan fingerprint density at radius 1 is 0.531 bits per heavy atom. The maximum absolute atomic E-state index is 3.74. The van der Waals surface area contributed by atoms with E-state index in [-0.39, 0.29) is 0 Å². The van der Waals surface area contributed by atoms with E-state index in [1.54, 1.807) is 0 Å². The van der Waals surface area contributed by atoms with Crippen LogP contribution in [0.15, 0.2) is 81.7 Å². The van der Waals surface area contributed by atoms with E-state index < -0.39 is 0 Å². The second-order valence-electron chi connectivity index (χ2n) is 9.46. The van der Waals surface area contributed by atoms with Gasteiger partial charge in [-0.1, -0.05) is 98.4 Å². The van der Waals surface area contributed by atoms with Crippen molar-refractivity contribution in [1.82, 2.24) is 0 Å². The Hall–Kier alpha value is -2.16. The van der Waals surface area contributed by atoms with Crippen LogP contribution in [0.5, 0.6) is 0 Å². The number of hydrogen-bond donors (Lipinski definition) is 0. The van der Waals surface area contributed by atoms with Crippen molar-refractivity contribution in [3.63, 3.8) is 0 Å². The fourth-order valence-corrected chi connectivity index (χ4v) is 6.84. The molecule has 4 aromatic carbocycles. The highest BCUT2D eigenvalue weighted by molar-refractivity contribution is 9.10. The predicted octanol–water partition coefficient (Wildman–Crippen LogP) is 9.39. The normalized spacial score (nSPS) is 15.3. The van der Waals surface area contributed by atoms with Gasteiger partial charge in [0.05, 0.1) is 0 Å². The largest absolute Gasteiger partial charge is 0.0607 e. The van der Waals surface area contributed by atoms with Gasteiger partial charge in [0.25, 0.3) is 0 Å². The molecule has 0 N–H and O–H groups in total. The van der Waals surface area contributed by atoms with E-state index in [9.17, 15) is 0 Å². The molecule has 0 radical (unpaired) electrons. The molecule has 2 heteroatoms. The Labute approximate surface area is 207 Å². The SMILES string of the molecule is Cc1ccc2c(c1)-c1cc(C)ccc1C2C(C)C1c2cc(Br)ccc2-c2ccc(Br)cc21. The average molecular weight is 544 g/mol. The Morgan fingerprint density at radius 3 is 1.44 bits per heavy atom. The summed E-state index contributed by atoms with van der Waals surface area (Å²) < 4.78 is 2.30. The molecule has 0 aliphatic heterocycles. The quantitative estimate of drug-likeness (QED) is 0.236. The van der Waals surface area contributed by atoms with Gasteiger partial charge < -0.3 is 0 Å². The highest BCUT2D eigenvalue weighted by Crippen LogP contribution is 2.57. The van der Waals surface area contributed by atoms with E-state index in [0.29, 0.717) is 17.8 Å². The summed E-state index contributed by atoms with van der Waals surface area (Å²) in [6.45, 7) is 6.85. The molecule has 0 spiro atoms. The van der Waals surface area contributed by atoms with Gasteiger partial charge in [0.1, 0.15) is 0 Å². The smallest absolute Gasteiger partial charge is 0.0178 e. The Balaban J connectivity index is 1.57. The Morgan fingerprint density at radius 2 is 0.969 bits per heavy atom. The Kier molecular flexibility index (Phi) is 4.75. The minimum atomic E-state index is 0.349. The molecule has 0 amide bonds. The Bertz CT molecular complexity index is 1300. The second kappa shape index (κ2) is 7.43. The lowest BCUT2D eigenvalue weighted by Gasteiger charge is -2.29. The molecule has 1 atom stereocenters. The van der Waals surface area contributed by atoms with Gasteiger partial charge in [-0.25, -0.2) is 0 Å². The van der Waals surface area contributed by atoms with Crippen molar-refractivity contribution in [2.24, 2.45) is 5.92 Å². The average Bonchev–Trinajstić information content (AvgIpc) is 3.24. The van der Waals surface area contributed by atoms with Crippen molar-refractivity contribution in [3.05, 3.63) is 115 Å². The molecule has 0 heterocycles. The van der Waals surface area contributed by atoms with Crippen molar-refractivity contribution >= 4 is 31.9 Å². The predicted molar refractivity (Wildman–Crippen MR) is 141 cm³/mol. The summed E-state index contributed by atoms with van der Waals surface area (Å²) in [6, 6.07) is 27.6. The summed E-state index contributed by atoms with van der Waals surface area (Å²) in [4.78, 5) is 0. The lowest BCUT2D eigenvalue weighted by Crippen LogP contribution is -2.17. The van der Waals surface area contributed by atoms with Gasteiger partial charge in [0, 0.05) is 20.8 Å². The van der Waals surface area contributed by atoms with Gasteiger partial charge in [-0.3, -0.25) is 0 Å². The molecule has 32 heavy (non-hydrogen) atoms. The monoisotopic (exact) mass is 542 g/mol. The van der Waals surface area contributed by atoms with E-state index in [4.69, 9.17) is 0 Å². The minimum absolute atomic E-state index is 0.349. The molecule has 0 nitrogen and oxygen atoms in total. The fraction of sp³-hybridized carbons (Fsp3) is 0.200. The standard InChI is InChI=1S/C30H24Br2/c1-16-4-8-23-25(12-16)26-13-17(2)5-9-24(26)29(23)18(3)30-27-14-19(31)6-10-21(27)22-11-7-20(32)15-28(22)30/h4-15,18,29-30H,1-3H3. The van der Waals surface area contributed by atoms with E-state index in [0.717, 1.165) is 8.95 Å². The third-order valence-electron chi connectivity index (χ3n) is 7.42. The van der Waals surface area contributed by atoms with Crippen LogP contribution in [-0.2, 0) is 0 Å². The number of aryl methyl sites for hydroxylation is 2. The van der Waals surface area contributed by atoms with Crippen molar-refractivity contribution in [2.75, 3.05) is 0 Å². The van der Waals surface area contributed by atoms with E-state index in [1.165, 1.54) is 55.6 Å². The molecule has 0 bridgehead atoms. The van der Waals surface area contributed by atoms with Crippen LogP contribution in [0.4, 0.5) is 0 Å². The summed E-state index contributed by atoms with van der Waals surface area (Å²) >= 11 is 7.49. The molecule has 0 saturated heterocycles. The first-order valence-electron chi connectivity index (χ1n) is 11.2. The van der Waals surface area contributed by atoms with Crippen LogP contribution in [0.3, 0.4) is 0 Å². The highest BCUT2D eigenvalue weighted by Gasteiger charge is 2.41. The summed E-state index contributed by atoms with van der Waals surface area (Å²) in [5.74, 6) is 1.15. The molecule has 158 valence electrons. The van der Waals surface area contributed by atoms with Crippen LogP contribution >= 0.6 is 31.9 Å². The molecular formula is C30H24Br2. The zero-order chi connectivity index (χ0) is 22.1. The first-order chi connectivity index (χ1) is 15.4. The summed E-state index contributed by atoms with van der Waals surface area (Å²) in [5.41, 5.74) is 14.1. The molecule has 0 saturated carbocycles. The van der Waals surface area contributed by atoms with Gasteiger partial charge in [0.2, 0.25) is 0 Å². The highest BCUT2D eigenvalue weighted by atomic mass is 79.9. The van der Waals surface area contributed by atoms with Gasteiger partial charge in [0.15, 0.2) is 0 Å². The number of halogens is 2. The van der Waals surface area contributed by atoms with Crippen LogP contribution in [0.25, 0.3) is 22.3 Å². The van der Waals surface area contributed by atoms with Gasteiger partial charge in [-0.2, -0.15) is 0 Å². The number of rotatable bonds is 2. The minimum Gasteiger partial charge on any atom is -0.0607 e. The van der Waals surface area contributed by atoms with Crippen LogP contribution in [-0.4, -0.2) is 0 Å². The fourth-order valence-electron chi connectivity index (χ4n) is 6.08. The van der Waals surface area contributed by atoms with Crippen LogP contribution in [0.2, 0.25) is 0 Å². The molecule has 4 aromatic rings. The summed E-state index contributed by atoms with van der Waals surface area (Å²) in [7, 11) is 0. The second-order valence-corrected chi connectivity index (χ2v) is 11.3. The first kappa shape index (κ1) is 20.4. The maximum atomic E-state index is 3.74. The lowest BCUT2D eigenvalue weighted by atomic mass is 9.74. The van der Waals surface area contributed by atoms with Crippen molar-refractivity contribution in [1.29, 1.82) is 0 Å². The molecule has 1 unspecified atom stereocenters. The summed E-state index contributed by atoms with van der Waals surface area (Å²) in [6.07, 6.45) is 0. The van der Waals surface area contributed by atoms with Crippen molar-refractivity contribution in [3.8, 4) is 22.3 Å². The van der Waals surface area contributed by atoms with Crippen molar-refractivity contribution < 1.29 is 0 Å². The van der Waals surface area contributed by atoms with Crippen LogP contribution < -0.4 is 0 Å². The third-order valence-corrected chi connectivity index (χ3v) is 8.40. The molecule has 0 aromatic heterocycles. The molecule has 0 fully saturated rings. The lowest BCUT2D eigenvalue weighted by molar-refractivity contribution is 0.467. The first-order valence-corrected chi connectivity index (χ1v) is 12.8. The molecule has 6 rings (SSSR count). The molecular weight excluding hydrogens is 520 g/mol. The van der Waals surface area contributed by atoms with Gasteiger partial charge in [-0.05, 0) is 88.5 Å². The molecule has 2 aliphatic carbocycles. The van der Waals surface area contributed by atoms with Gasteiger partial charge in [-0.15, -0.1) is 0 Å².